The minimum absolute atomic E-state index is 0.0361. The van der Waals surface area contributed by atoms with Crippen LogP contribution in [0.3, 0.4) is 0 Å². The van der Waals surface area contributed by atoms with Gasteiger partial charge >= 0.3 is 6.18 Å². The van der Waals surface area contributed by atoms with E-state index in [4.69, 9.17) is 0 Å². The predicted molar refractivity (Wildman–Crippen MR) is 117 cm³/mol. The van der Waals surface area contributed by atoms with E-state index in [1.807, 2.05) is 0 Å². The molecule has 1 saturated heterocycles. The Hall–Kier alpha value is -3.76. The van der Waals surface area contributed by atoms with Gasteiger partial charge in [0.25, 0.3) is 5.56 Å². The number of nitrogens with zero attached hydrogens (tertiary/aromatic N) is 4. The van der Waals surface area contributed by atoms with Crippen LogP contribution in [0.2, 0.25) is 0 Å². The standard InChI is InChI=1S/C23H21F4N5O2/c24-17-4-6-18(7-5-17)31-10-12-32(13-11-31)20(33)9-8-19-22(34)28-21(30-29-19)15-2-1-3-16(14-15)23(25,26)27/h1-7,14H,8-13H2,(H,28,30,34). The molecule has 0 bridgehead atoms. The van der Waals surface area contributed by atoms with Gasteiger partial charge in [0, 0.05) is 50.3 Å². The van der Waals surface area contributed by atoms with Crippen molar-refractivity contribution in [2.24, 2.45) is 0 Å². The molecule has 0 spiro atoms. The van der Waals surface area contributed by atoms with Gasteiger partial charge in [-0.05, 0) is 36.4 Å². The summed E-state index contributed by atoms with van der Waals surface area (Å²) in [6.45, 7) is 2.19. The van der Waals surface area contributed by atoms with Gasteiger partial charge in [-0.1, -0.05) is 12.1 Å². The number of nitrogens with one attached hydrogen (secondary N) is 1. The number of halogens is 4. The van der Waals surface area contributed by atoms with E-state index < -0.39 is 17.3 Å². The van der Waals surface area contributed by atoms with Gasteiger partial charge in [0.15, 0.2) is 5.82 Å². The summed E-state index contributed by atoms with van der Waals surface area (Å²) in [5.74, 6) is -0.525. The third-order valence-corrected chi connectivity index (χ3v) is 5.63. The van der Waals surface area contributed by atoms with Crippen LogP contribution in [0.25, 0.3) is 11.4 Å². The summed E-state index contributed by atoms with van der Waals surface area (Å²) in [6, 6.07) is 10.6. The molecule has 7 nitrogen and oxygen atoms in total. The van der Waals surface area contributed by atoms with Gasteiger partial charge in [0.2, 0.25) is 5.91 Å². The number of rotatable bonds is 5. The molecule has 11 heteroatoms. The number of piperazine rings is 1. The first-order valence-electron chi connectivity index (χ1n) is 10.6. The van der Waals surface area contributed by atoms with Crippen molar-refractivity contribution in [3.8, 4) is 11.4 Å². The smallest absolute Gasteiger partial charge is 0.368 e. The van der Waals surface area contributed by atoms with Crippen molar-refractivity contribution in [3.05, 3.63) is 76.0 Å². The van der Waals surface area contributed by atoms with Crippen LogP contribution in [0.1, 0.15) is 17.7 Å². The molecule has 0 unspecified atom stereocenters. The molecule has 1 aliphatic heterocycles. The number of anilines is 1. The van der Waals surface area contributed by atoms with Crippen LogP contribution in [-0.2, 0) is 17.4 Å². The topological polar surface area (TPSA) is 82.2 Å². The minimum Gasteiger partial charge on any atom is -0.368 e. The van der Waals surface area contributed by atoms with Crippen LogP contribution in [0, 0.1) is 5.82 Å². The zero-order valence-corrected chi connectivity index (χ0v) is 18.0. The Kier molecular flexibility index (Phi) is 6.62. The van der Waals surface area contributed by atoms with Gasteiger partial charge in [-0.3, -0.25) is 9.59 Å². The van der Waals surface area contributed by atoms with Crippen molar-refractivity contribution in [2.45, 2.75) is 19.0 Å². The van der Waals surface area contributed by atoms with Gasteiger partial charge in [-0.2, -0.15) is 13.2 Å². The minimum atomic E-state index is -4.52. The molecule has 0 aliphatic carbocycles. The monoisotopic (exact) mass is 475 g/mol. The maximum atomic E-state index is 13.1. The lowest BCUT2D eigenvalue weighted by Crippen LogP contribution is -2.48. The quantitative estimate of drug-likeness (QED) is 0.573. The number of aryl methyl sites for hydroxylation is 1. The number of hydrogen-bond donors (Lipinski definition) is 1. The highest BCUT2D eigenvalue weighted by atomic mass is 19.4. The van der Waals surface area contributed by atoms with Crippen LogP contribution in [0.4, 0.5) is 23.2 Å². The van der Waals surface area contributed by atoms with Crippen LogP contribution in [-0.4, -0.2) is 52.2 Å². The molecule has 0 saturated carbocycles. The molecule has 34 heavy (non-hydrogen) atoms. The second-order valence-corrected chi connectivity index (χ2v) is 7.87. The van der Waals surface area contributed by atoms with Crippen molar-refractivity contribution in [1.82, 2.24) is 20.1 Å². The van der Waals surface area contributed by atoms with E-state index >= 15 is 0 Å². The molecule has 0 radical (unpaired) electrons. The van der Waals surface area contributed by atoms with Crippen LogP contribution in [0.5, 0.6) is 0 Å². The SMILES string of the molecule is O=C(CCc1nnc(-c2cccc(C(F)(F)F)c2)[nH]c1=O)N1CCN(c2ccc(F)cc2)CC1. The summed E-state index contributed by atoms with van der Waals surface area (Å²) in [5.41, 5.74) is -0.454. The Morgan fingerprint density at radius 2 is 1.71 bits per heavy atom. The van der Waals surface area contributed by atoms with Crippen LogP contribution >= 0.6 is 0 Å². The number of aromatic nitrogens is 3. The number of aromatic amines is 1. The molecule has 1 fully saturated rings. The van der Waals surface area contributed by atoms with Gasteiger partial charge in [0.05, 0.1) is 5.56 Å². The Morgan fingerprint density at radius 1 is 1.00 bits per heavy atom. The molecule has 2 heterocycles. The molecule has 0 atom stereocenters. The molecule has 2 aromatic carbocycles. The number of hydrogen-bond acceptors (Lipinski definition) is 5. The van der Waals surface area contributed by atoms with E-state index in [1.165, 1.54) is 24.3 Å². The average molecular weight is 475 g/mol. The highest BCUT2D eigenvalue weighted by Crippen LogP contribution is 2.31. The summed E-state index contributed by atoms with van der Waals surface area (Å²) in [5, 5.41) is 7.68. The molecule has 1 amide bonds. The van der Waals surface area contributed by atoms with Crippen LogP contribution < -0.4 is 10.5 Å². The lowest BCUT2D eigenvalue weighted by Gasteiger charge is -2.36. The Labute approximate surface area is 192 Å². The molecule has 4 rings (SSSR count). The zero-order chi connectivity index (χ0) is 24.3. The van der Waals surface area contributed by atoms with Crippen molar-refractivity contribution in [1.29, 1.82) is 0 Å². The largest absolute Gasteiger partial charge is 0.416 e. The normalized spacial score (nSPS) is 14.4. The molecular weight excluding hydrogens is 454 g/mol. The molecule has 1 aliphatic rings. The lowest BCUT2D eigenvalue weighted by molar-refractivity contribution is -0.137. The van der Waals surface area contributed by atoms with E-state index in [0.717, 1.165) is 17.8 Å². The van der Waals surface area contributed by atoms with Crippen molar-refractivity contribution in [3.63, 3.8) is 0 Å². The first-order valence-corrected chi connectivity index (χ1v) is 10.6. The van der Waals surface area contributed by atoms with Crippen molar-refractivity contribution < 1.29 is 22.4 Å². The summed E-state index contributed by atoms with van der Waals surface area (Å²) in [4.78, 5) is 31.2. The van der Waals surface area contributed by atoms with Crippen molar-refractivity contribution >= 4 is 11.6 Å². The molecule has 3 aromatic rings. The molecule has 1 aromatic heterocycles. The first-order chi connectivity index (χ1) is 16.2. The number of amides is 1. The molecule has 1 N–H and O–H groups in total. The third-order valence-electron chi connectivity index (χ3n) is 5.63. The maximum absolute atomic E-state index is 13.1. The highest BCUT2D eigenvalue weighted by Gasteiger charge is 2.30. The summed E-state index contributed by atoms with van der Waals surface area (Å²) >= 11 is 0. The number of alkyl halides is 3. The second-order valence-electron chi connectivity index (χ2n) is 7.87. The summed E-state index contributed by atoms with van der Waals surface area (Å²) in [7, 11) is 0. The fraction of sp³-hybridized carbons (Fsp3) is 0.304. The summed E-state index contributed by atoms with van der Waals surface area (Å²) < 4.78 is 51.9. The summed E-state index contributed by atoms with van der Waals surface area (Å²) in [6.07, 6.45) is -4.41. The van der Waals surface area contributed by atoms with E-state index in [1.54, 1.807) is 17.0 Å². The fourth-order valence-electron chi connectivity index (χ4n) is 3.75. The van der Waals surface area contributed by atoms with Crippen LogP contribution in [0.15, 0.2) is 53.3 Å². The lowest BCUT2D eigenvalue weighted by atomic mass is 10.1. The third kappa shape index (κ3) is 5.41. The van der Waals surface area contributed by atoms with Crippen molar-refractivity contribution in [2.75, 3.05) is 31.1 Å². The Bertz CT molecular complexity index is 1220. The Balaban J connectivity index is 1.34. The zero-order valence-electron chi connectivity index (χ0n) is 18.0. The van der Waals surface area contributed by atoms with E-state index in [9.17, 15) is 27.2 Å². The highest BCUT2D eigenvalue weighted by molar-refractivity contribution is 5.76. The van der Waals surface area contributed by atoms with E-state index in [0.29, 0.717) is 26.2 Å². The van der Waals surface area contributed by atoms with E-state index in [2.05, 4.69) is 20.1 Å². The van der Waals surface area contributed by atoms with Gasteiger partial charge < -0.3 is 14.8 Å². The van der Waals surface area contributed by atoms with Gasteiger partial charge in [-0.15, -0.1) is 10.2 Å². The number of benzene rings is 2. The number of carbonyl (C=O) groups is 1. The van der Waals surface area contributed by atoms with E-state index in [-0.39, 0.29) is 41.6 Å². The second kappa shape index (κ2) is 9.62. The first kappa shape index (κ1) is 23.4. The average Bonchev–Trinajstić information content (AvgIpc) is 2.83. The Morgan fingerprint density at radius 3 is 2.35 bits per heavy atom. The molecule has 178 valence electrons. The maximum Gasteiger partial charge on any atom is 0.416 e. The molecular formula is C23H21F4N5O2. The number of carbonyl (C=O) groups excluding carboxylic acids is 1. The van der Waals surface area contributed by atoms with Gasteiger partial charge in [0.1, 0.15) is 11.5 Å². The predicted octanol–water partition coefficient (Wildman–Crippen LogP) is 3.27. The number of H-pyrrole nitrogens is 1. The fourth-order valence-corrected chi connectivity index (χ4v) is 3.75. The van der Waals surface area contributed by atoms with Gasteiger partial charge in [-0.25, -0.2) is 4.39 Å².